The van der Waals surface area contributed by atoms with Crippen molar-refractivity contribution in [1.82, 2.24) is 4.90 Å². The molecule has 7 atom stereocenters. The van der Waals surface area contributed by atoms with Crippen LogP contribution in [0, 0.1) is 29.6 Å². The fourth-order valence-corrected chi connectivity index (χ4v) is 5.90. The van der Waals surface area contributed by atoms with E-state index in [0.29, 0.717) is 11.1 Å². The highest BCUT2D eigenvalue weighted by Gasteiger charge is 2.67. The molecule has 3 aliphatic carbocycles. The average Bonchev–Trinajstić information content (AvgIpc) is 2.75. The molecule has 10 nitrogen and oxygen atoms in total. The number of aromatic hydroxyl groups is 1. The summed E-state index contributed by atoms with van der Waals surface area (Å²) in [5, 5.41) is 53.6. The van der Waals surface area contributed by atoms with Gasteiger partial charge in [-0.1, -0.05) is 11.8 Å². The Morgan fingerprint density at radius 3 is 2.49 bits per heavy atom. The van der Waals surface area contributed by atoms with E-state index in [-0.39, 0.29) is 29.7 Å². The number of carbonyl (C=O) groups is 3. The maximum absolute atomic E-state index is 13.7. The van der Waals surface area contributed by atoms with Gasteiger partial charge in [0.1, 0.15) is 23.5 Å². The lowest BCUT2D eigenvalue weighted by Crippen LogP contribution is -2.73. The van der Waals surface area contributed by atoms with Crippen molar-refractivity contribution in [3.8, 4) is 17.6 Å². The van der Waals surface area contributed by atoms with Crippen LogP contribution in [0.25, 0.3) is 5.76 Å². The van der Waals surface area contributed by atoms with Crippen molar-refractivity contribution < 1.29 is 39.9 Å². The largest absolute Gasteiger partial charge is 0.507 e. The fourth-order valence-electron chi connectivity index (χ4n) is 5.90. The van der Waals surface area contributed by atoms with Crippen LogP contribution in [0.1, 0.15) is 30.0 Å². The molecule has 1 amide bonds. The van der Waals surface area contributed by atoms with Gasteiger partial charge in [-0.25, -0.2) is 0 Å². The Morgan fingerprint density at radius 2 is 1.91 bits per heavy atom. The number of phenolic OH excluding ortho intramolecular Hbond substituents is 1. The first-order valence-corrected chi connectivity index (χ1v) is 11.3. The number of fused-ring (bicyclic) bond motifs is 3. The zero-order chi connectivity index (χ0) is 26.0. The summed E-state index contributed by atoms with van der Waals surface area (Å²) in [6.07, 6.45) is -2.28. The maximum atomic E-state index is 13.7. The van der Waals surface area contributed by atoms with E-state index in [1.165, 1.54) is 24.0 Å². The lowest BCUT2D eigenvalue weighted by Gasteiger charge is -2.53. The first-order chi connectivity index (χ1) is 16.3. The second-order valence-electron chi connectivity index (χ2n) is 9.72. The SMILES string of the molecule is CC(O)C#Cc1ccc(O)c2c1C[C@@H]1C[C@@H]3[C@@H](N(C)C)C(O)C(C(N)=O)C(=O)[C@]3(O)C(=O)C1=C2O. The molecule has 3 aliphatic rings. The summed E-state index contributed by atoms with van der Waals surface area (Å²) in [5.41, 5.74) is 3.31. The summed E-state index contributed by atoms with van der Waals surface area (Å²) in [5.74, 6) is -2.46. The number of phenols is 1. The van der Waals surface area contributed by atoms with Crippen molar-refractivity contribution in [2.24, 2.45) is 23.5 Å². The number of aliphatic hydroxyl groups is 4. The molecule has 4 rings (SSSR count). The van der Waals surface area contributed by atoms with Gasteiger partial charge in [0.15, 0.2) is 11.4 Å². The number of rotatable bonds is 2. The highest BCUT2D eigenvalue weighted by atomic mass is 16.3. The van der Waals surface area contributed by atoms with E-state index in [1.807, 2.05) is 0 Å². The second kappa shape index (κ2) is 8.46. The molecule has 35 heavy (non-hydrogen) atoms. The lowest BCUT2D eigenvalue weighted by molar-refractivity contribution is -0.184. The number of likely N-dealkylation sites (N-methyl/N-ethyl adjacent to an activating group) is 1. The summed E-state index contributed by atoms with van der Waals surface area (Å²) < 4.78 is 0. The highest BCUT2D eigenvalue weighted by Crippen LogP contribution is 2.52. The van der Waals surface area contributed by atoms with Crippen LogP contribution in [0.2, 0.25) is 0 Å². The van der Waals surface area contributed by atoms with Crippen LogP contribution in [-0.2, 0) is 20.8 Å². The molecular formula is C25H28N2O8. The predicted molar refractivity (Wildman–Crippen MR) is 123 cm³/mol. The van der Waals surface area contributed by atoms with E-state index in [4.69, 9.17) is 5.73 Å². The fraction of sp³-hybridized carbons (Fsp3) is 0.480. The van der Waals surface area contributed by atoms with Gasteiger partial charge in [0.05, 0.1) is 11.7 Å². The number of Topliss-reactive ketones (excluding diaryl/α,β-unsaturated/α-hetero) is 2. The number of benzene rings is 1. The molecule has 0 spiro atoms. The molecule has 2 fully saturated rings. The van der Waals surface area contributed by atoms with E-state index in [9.17, 15) is 39.9 Å². The number of nitrogens with zero attached hydrogens (tertiary/aromatic N) is 1. The molecule has 1 aromatic carbocycles. The number of ketones is 2. The lowest BCUT2D eigenvalue weighted by atomic mass is 9.54. The Labute approximate surface area is 201 Å². The number of aliphatic hydroxyl groups excluding tert-OH is 3. The smallest absolute Gasteiger partial charge is 0.230 e. The van der Waals surface area contributed by atoms with E-state index < -0.39 is 64.8 Å². The van der Waals surface area contributed by atoms with Crippen molar-refractivity contribution in [2.45, 2.75) is 43.6 Å². The van der Waals surface area contributed by atoms with Crippen LogP contribution in [0.3, 0.4) is 0 Å². The summed E-state index contributed by atoms with van der Waals surface area (Å²) in [7, 11) is 3.18. The first kappa shape index (κ1) is 24.9. The van der Waals surface area contributed by atoms with Crippen LogP contribution in [0.5, 0.6) is 5.75 Å². The number of hydrogen-bond donors (Lipinski definition) is 6. The van der Waals surface area contributed by atoms with Gasteiger partial charge in [0.2, 0.25) is 11.7 Å². The minimum Gasteiger partial charge on any atom is -0.507 e. The van der Waals surface area contributed by atoms with Crippen LogP contribution >= 0.6 is 0 Å². The third-order valence-electron chi connectivity index (χ3n) is 7.39. The number of amides is 1. The number of carbonyl (C=O) groups excluding carboxylic acids is 3. The Hall–Kier alpha value is -3.23. The molecule has 0 heterocycles. The normalized spacial score (nSPS) is 32.8. The minimum atomic E-state index is -2.69. The summed E-state index contributed by atoms with van der Waals surface area (Å²) in [4.78, 5) is 40.6. The molecule has 0 aromatic heterocycles. The predicted octanol–water partition coefficient (Wildman–Crippen LogP) is -1.14. The van der Waals surface area contributed by atoms with Gasteiger partial charge in [-0.05, 0) is 57.5 Å². The van der Waals surface area contributed by atoms with E-state index in [1.54, 1.807) is 14.1 Å². The Bertz CT molecular complexity index is 1220. The summed E-state index contributed by atoms with van der Waals surface area (Å²) >= 11 is 0. The average molecular weight is 485 g/mol. The summed E-state index contributed by atoms with van der Waals surface area (Å²) in [6, 6.07) is 1.87. The molecule has 186 valence electrons. The van der Waals surface area contributed by atoms with Crippen molar-refractivity contribution in [1.29, 1.82) is 0 Å². The van der Waals surface area contributed by atoms with Crippen molar-refractivity contribution in [2.75, 3.05) is 14.1 Å². The number of hydrogen-bond acceptors (Lipinski definition) is 9. The highest BCUT2D eigenvalue weighted by molar-refractivity contribution is 6.25. The zero-order valence-electron chi connectivity index (χ0n) is 19.5. The number of nitrogens with two attached hydrogens (primary N) is 1. The van der Waals surface area contributed by atoms with Gasteiger partial charge in [-0.3, -0.25) is 14.4 Å². The van der Waals surface area contributed by atoms with Gasteiger partial charge in [0.25, 0.3) is 0 Å². The van der Waals surface area contributed by atoms with Gasteiger partial charge in [0, 0.05) is 23.1 Å². The zero-order valence-corrected chi connectivity index (χ0v) is 19.5. The molecule has 2 saturated carbocycles. The molecule has 0 radical (unpaired) electrons. The molecular weight excluding hydrogens is 456 g/mol. The molecule has 3 unspecified atom stereocenters. The number of primary amides is 1. The summed E-state index contributed by atoms with van der Waals surface area (Å²) in [6.45, 7) is 1.49. The third-order valence-corrected chi connectivity index (χ3v) is 7.39. The Morgan fingerprint density at radius 1 is 1.26 bits per heavy atom. The first-order valence-electron chi connectivity index (χ1n) is 11.3. The van der Waals surface area contributed by atoms with Crippen molar-refractivity contribution in [3.05, 3.63) is 34.4 Å². The van der Waals surface area contributed by atoms with E-state index in [0.717, 1.165) is 0 Å². The molecule has 0 bridgehead atoms. The quantitative estimate of drug-likeness (QED) is 0.223. The van der Waals surface area contributed by atoms with Crippen LogP contribution in [-0.4, -0.2) is 85.9 Å². The van der Waals surface area contributed by atoms with E-state index in [2.05, 4.69) is 11.8 Å². The van der Waals surface area contributed by atoms with E-state index >= 15 is 0 Å². The van der Waals surface area contributed by atoms with Crippen molar-refractivity contribution in [3.63, 3.8) is 0 Å². The molecule has 7 N–H and O–H groups in total. The molecule has 10 heteroatoms. The second-order valence-corrected chi connectivity index (χ2v) is 9.72. The van der Waals surface area contributed by atoms with Gasteiger partial charge in [-0.15, -0.1) is 0 Å². The van der Waals surface area contributed by atoms with Gasteiger partial charge < -0.3 is 36.2 Å². The molecule has 0 saturated heterocycles. The molecule has 0 aliphatic heterocycles. The third kappa shape index (κ3) is 3.54. The van der Waals surface area contributed by atoms with Crippen LogP contribution in [0.4, 0.5) is 0 Å². The topological polar surface area (TPSA) is 182 Å². The maximum Gasteiger partial charge on any atom is 0.230 e. The monoisotopic (exact) mass is 484 g/mol. The standard InChI is InChI=1S/C25H28N2O8/c1-10(28)4-5-11-6-7-15(29)17-13(11)8-12-9-14-19(27(2)3)21(31)18(24(26)34)23(33)25(14,35)22(32)16(12)20(17)30/h6-7,10,12,14,18-19,21,28-31,35H,8-9H2,1-3H3,(H2,26,34)/t10?,12-,14-,18?,19-,21?,25-/m1/s1. The Balaban J connectivity index is 1.92. The van der Waals surface area contributed by atoms with Crippen molar-refractivity contribution >= 4 is 23.2 Å². The minimum absolute atomic E-state index is 0.0249. The van der Waals surface area contributed by atoms with Crippen LogP contribution < -0.4 is 5.73 Å². The Kier molecular flexibility index (Phi) is 6.02. The van der Waals surface area contributed by atoms with Gasteiger partial charge in [-0.2, -0.15) is 0 Å². The van der Waals surface area contributed by atoms with Crippen LogP contribution in [0.15, 0.2) is 17.7 Å². The molecule has 1 aromatic rings. The van der Waals surface area contributed by atoms with Gasteiger partial charge >= 0.3 is 0 Å².